The lowest BCUT2D eigenvalue weighted by Gasteiger charge is -2.34. The van der Waals surface area contributed by atoms with Crippen LogP contribution in [0.25, 0.3) is 0 Å². The molecule has 0 unspecified atom stereocenters. The Labute approximate surface area is 191 Å². The minimum atomic E-state index is 0.0144. The fourth-order valence-corrected chi connectivity index (χ4v) is 4.44. The van der Waals surface area contributed by atoms with Crippen LogP contribution >= 0.6 is 11.6 Å². The molecule has 2 heterocycles. The topological polar surface area (TPSA) is 51.2 Å². The lowest BCUT2D eigenvalue weighted by Crippen LogP contribution is -2.40. The van der Waals surface area contributed by atoms with Gasteiger partial charge in [0.2, 0.25) is 0 Å². The summed E-state index contributed by atoms with van der Waals surface area (Å²) in [4.78, 5) is 17.5. The molecule has 3 rings (SSSR count). The predicted molar refractivity (Wildman–Crippen MR) is 123 cm³/mol. The van der Waals surface area contributed by atoms with Crippen LogP contribution in [0.2, 0.25) is 5.02 Å². The first-order valence-electron chi connectivity index (χ1n) is 11.6. The molecule has 31 heavy (non-hydrogen) atoms. The van der Waals surface area contributed by atoms with Gasteiger partial charge >= 0.3 is 0 Å². The number of halogens is 1. The third-order valence-corrected chi connectivity index (χ3v) is 6.56. The van der Waals surface area contributed by atoms with E-state index in [2.05, 4.69) is 18.7 Å². The second kappa shape index (κ2) is 11.9. The van der Waals surface area contributed by atoms with Crippen molar-refractivity contribution in [3.05, 3.63) is 22.7 Å². The lowest BCUT2D eigenvalue weighted by atomic mass is 9.93. The molecule has 6 nitrogen and oxygen atoms in total. The molecule has 0 radical (unpaired) electrons. The number of methoxy groups -OCH3 is 1. The molecule has 7 heteroatoms. The molecule has 0 saturated carbocycles. The number of carbonyl (C=O) groups excluding carboxylic acids is 1. The van der Waals surface area contributed by atoms with Gasteiger partial charge in [0.25, 0.3) is 5.91 Å². The summed E-state index contributed by atoms with van der Waals surface area (Å²) in [5, 5.41) is 0.423. The molecule has 0 spiro atoms. The molecule has 2 saturated heterocycles. The minimum absolute atomic E-state index is 0.0144. The normalized spacial score (nSPS) is 18.4. The Morgan fingerprint density at radius 1 is 1.19 bits per heavy atom. The average molecular weight is 453 g/mol. The molecular weight excluding hydrogens is 416 g/mol. The van der Waals surface area contributed by atoms with Gasteiger partial charge in [0.15, 0.2) is 11.5 Å². The van der Waals surface area contributed by atoms with Crippen molar-refractivity contribution in [3.63, 3.8) is 0 Å². The van der Waals surface area contributed by atoms with Crippen LogP contribution in [0.1, 0.15) is 49.9 Å². The summed E-state index contributed by atoms with van der Waals surface area (Å²) < 4.78 is 16.7. The van der Waals surface area contributed by atoms with Crippen LogP contribution in [-0.2, 0) is 4.74 Å². The molecule has 0 atom stereocenters. The zero-order valence-corrected chi connectivity index (χ0v) is 20.0. The summed E-state index contributed by atoms with van der Waals surface area (Å²) in [6, 6.07) is 3.46. The van der Waals surface area contributed by atoms with Crippen molar-refractivity contribution in [2.75, 3.05) is 59.7 Å². The van der Waals surface area contributed by atoms with Gasteiger partial charge in [-0.3, -0.25) is 9.69 Å². The summed E-state index contributed by atoms with van der Waals surface area (Å²) in [5.74, 6) is 2.27. The molecule has 1 aromatic carbocycles. The van der Waals surface area contributed by atoms with Crippen molar-refractivity contribution in [1.82, 2.24) is 9.80 Å². The number of nitrogens with zero attached hydrogens (tertiary/aromatic N) is 2. The van der Waals surface area contributed by atoms with Gasteiger partial charge in [-0.2, -0.15) is 0 Å². The highest BCUT2D eigenvalue weighted by Crippen LogP contribution is 2.37. The first kappa shape index (κ1) is 24.1. The summed E-state index contributed by atoms with van der Waals surface area (Å²) in [5.41, 5.74) is 0.560. The van der Waals surface area contributed by atoms with Gasteiger partial charge in [-0.15, -0.1) is 0 Å². The zero-order valence-electron chi connectivity index (χ0n) is 19.2. The van der Waals surface area contributed by atoms with Gasteiger partial charge in [0, 0.05) is 31.7 Å². The van der Waals surface area contributed by atoms with E-state index >= 15 is 0 Å². The van der Waals surface area contributed by atoms with E-state index in [1.807, 2.05) is 4.90 Å². The lowest BCUT2D eigenvalue weighted by molar-refractivity contribution is 0.0332. The molecule has 0 aliphatic carbocycles. The predicted octanol–water partition coefficient (Wildman–Crippen LogP) is 4.35. The molecule has 174 valence electrons. The number of ether oxygens (including phenoxy) is 3. The number of benzene rings is 1. The first-order chi connectivity index (χ1) is 15.0. The highest BCUT2D eigenvalue weighted by Gasteiger charge is 2.26. The SMILES string of the molecule is COc1cc(C(=O)N2CCC(CCN3CCOCC3)CC2)cc(Cl)c1OCCC(C)C. The molecule has 0 aromatic heterocycles. The van der Waals surface area contributed by atoms with Crippen molar-refractivity contribution in [2.24, 2.45) is 11.8 Å². The van der Waals surface area contributed by atoms with E-state index in [1.165, 1.54) is 6.42 Å². The van der Waals surface area contributed by atoms with Crippen LogP contribution in [-0.4, -0.2) is 75.4 Å². The smallest absolute Gasteiger partial charge is 0.254 e. The van der Waals surface area contributed by atoms with E-state index in [0.717, 1.165) is 65.2 Å². The Bertz CT molecular complexity index is 714. The largest absolute Gasteiger partial charge is 0.493 e. The molecule has 2 fully saturated rings. The number of likely N-dealkylation sites (tertiary alicyclic amines) is 1. The van der Waals surface area contributed by atoms with Crippen LogP contribution in [0.3, 0.4) is 0 Å². The summed E-state index contributed by atoms with van der Waals surface area (Å²) in [6.45, 7) is 11.4. The number of piperidine rings is 1. The minimum Gasteiger partial charge on any atom is -0.493 e. The van der Waals surface area contributed by atoms with Crippen molar-refractivity contribution >= 4 is 17.5 Å². The first-order valence-corrected chi connectivity index (χ1v) is 12.0. The maximum absolute atomic E-state index is 13.1. The molecule has 2 aliphatic rings. The van der Waals surface area contributed by atoms with E-state index in [-0.39, 0.29) is 5.91 Å². The molecule has 2 aliphatic heterocycles. The van der Waals surface area contributed by atoms with Crippen molar-refractivity contribution in [2.45, 2.75) is 39.5 Å². The van der Waals surface area contributed by atoms with E-state index in [0.29, 0.717) is 40.5 Å². The molecule has 0 bridgehead atoms. The fraction of sp³-hybridized carbons (Fsp3) is 0.708. The monoisotopic (exact) mass is 452 g/mol. The van der Waals surface area contributed by atoms with Crippen molar-refractivity contribution < 1.29 is 19.0 Å². The van der Waals surface area contributed by atoms with Gasteiger partial charge in [-0.25, -0.2) is 0 Å². The Morgan fingerprint density at radius 2 is 1.90 bits per heavy atom. The number of rotatable bonds is 9. The van der Waals surface area contributed by atoms with E-state index in [9.17, 15) is 4.79 Å². The van der Waals surface area contributed by atoms with Gasteiger partial charge in [-0.1, -0.05) is 25.4 Å². The third-order valence-electron chi connectivity index (χ3n) is 6.28. The zero-order chi connectivity index (χ0) is 22.2. The average Bonchev–Trinajstić information content (AvgIpc) is 2.78. The Hall–Kier alpha value is -1.50. The number of hydrogen-bond donors (Lipinski definition) is 0. The number of hydrogen-bond acceptors (Lipinski definition) is 5. The van der Waals surface area contributed by atoms with Crippen LogP contribution in [0.4, 0.5) is 0 Å². The second-order valence-corrected chi connectivity index (χ2v) is 9.41. The maximum atomic E-state index is 13.1. The van der Waals surface area contributed by atoms with E-state index in [1.54, 1.807) is 19.2 Å². The number of carbonyl (C=O) groups is 1. The van der Waals surface area contributed by atoms with Crippen molar-refractivity contribution in [1.29, 1.82) is 0 Å². The quantitative estimate of drug-likeness (QED) is 0.557. The standard InChI is InChI=1S/C24H37ClN2O4/c1-18(2)7-13-31-23-21(25)16-20(17-22(23)29-3)24(28)27-9-5-19(6-10-27)4-8-26-11-14-30-15-12-26/h16-19H,4-15H2,1-3H3. The molecule has 1 aromatic rings. The maximum Gasteiger partial charge on any atom is 0.254 e. The third kappa shape index (κ3) is 6.99. The van der Waals surface area contributed by atoms with E-state index < -0.39 is 0 Å². The Morgan fingerprint density at radius 3 is 2.55 bits per heavy atom. The van der Waals surface area contributed by atoms with Gasteiger partial charge in [-0.05, 0) is 56.2 Å². The fourth-order valence-electron chi connectivity index (χ4n) is 4.18. The molecule has 1 amide bonds. The Balaban J connectivity index is 1.53. The highest BCUT2D eigenvalue weighted by molar-refractivity contribution is 6.32. The molecule has 0 N–H and O–H groups in total. The summed E-state index contributed by atoms with van der Waals surface area (Å²) in [6.07, 6.45) is 4.24. The molecular formula is C24H37ClN2O4. The van der Waals surface area contributed by atoms with Crippen LogP contribution in [0.5, 0.6) is 11.5 Å². The van der Waals surface area contributed by atoms with Gasteiger partial charge in [0.1, 0.15) is 0 Å². The summed E-state index contributed by atoms with van der Waals surface area (Å²) >= 11 is 6.46. The summed E-state index contributed by atoms with van der Waals surface area (Å²) in [7, 11) is 1.58. The van der Waals surface area contributed by atoms with Crippen molar-refractivity contribution in [3.8, 4) is 11.5 Å². The van der Waals surface area contributed by atoms with Crippen LogP contribution in [0, 0.1) is 11.8 Å². The highest BCUT2D eigenvalue weighted by atomic mass is 35.5. The number of amides is 1. The van der Waals surface area contributed by atoms with Crippen LogP contribution in [0.15, 0.2) is 12.1 Å². The van der Waals surface area contributed by atoms with Crippen LogP contribution < -0.4 is 9.47 Å². The Kier molecular flexibility index (Phi) is 9.30. The van der Waals surface area contributed by atoms with E-state index in [4.69, 9.17) is 25.8 Å². The second-order valence-electron chi connectivity index (χ2n) is 9.00. The van der Waals surface area contributed by atoms with Gasteiger partial charge < -0.3 is 19.1 Å². The van der Waals surface area contributed by atoms with Gasteiger partial charge in [0.05, 0.1) is 32.0 Å². The number of morpholine rings is 1.